The Kier molecular flexibility index (Phi) is 3.46. The minimum atomic E-state index is 0.617. The lowest BCUT2D eigenvalue weighted by Gasteiger charge is -2.04. The number of hydrogen-bond donors (Lipinski definition) is 2. The van der Waals surface area contributed by atoms with Crippen LogP contribution in [-0.2, 0) is 6.54 Å². The summed E-state index contributed by atoms with van der Waals surface area (Å²) in [6, 6.07) is 9.87. The van der Waals surface area contributed by atoms with Crippen LogP contribution < -0.4 is 10.6 Å². The van der Waals surface area contributed by atoms with E-state index in [9.17, 15) is 0 Å². The molecule has 2 rings (SSSR count). The summed E-state index contributed by atoms with van der Waals surface area (Å²) in [6.45, 7) is 0.783. The Morgan fingerprint density at radius 3 is 2.38 bits per heavy atom. The van der Waals surface area contributed by atoms with E-state index in [2.05, 4.69) is 20.6 Å². The van der Waals surface area contributed by atoms with Gasteiger partial charge in [0.25, 0.3) is 0 Å². The molecule has 1 aromatic heterocycles. The maximum absolute atomic E-state index is 4.23. The summed E-state index contributed by atoms with van der Waals surface area (Å²) in [5.74, 6) is 0.617. The van der Waals surface area contributed by atoms with Gasteiger partial charge in [0.15, 0.2) is 0 Å². The molecule has 0 saturated carbocycles. The molecule has 0 unspecified atom stereocenters. The number of benzene rings is 1. The molecular formula is C12H14N4. The van der Waals surface area contributed by atoms with Crippen LogP contribution in [-0.4, -0.2) is 17.0 Å². The van der Waals surface area contributed by atoms with Gasteiger partial charge in [-0.15, -0.1) is 0 Å². The van der Waals surface area contributed by atoms with Crippen molar-refractivity contribution in [3.05, 3.63) is 48.3 Å². The predicted octanol–water partition coefficient (Wildman–Crippen LogP) is 1.94. The van der Waals surface area contributed by atoms with Crippen LogP contribution >= 0.6 is 0 Å². The van der Waals surface area contributed by atoms with Gasteiger partial charge in [0.05, 0.1) is 0 Å². The van der Waals surface area contributed by atoms with Gasteiger partial charge in [-0.1, -0.05) is 18.2 Å². The number of hydrogen-bond acceptors (Lipinski definition) is 4. The molecule has 16 heavy (non-hydrogen) atoms. The van der Waals surface area contributed by atoms with E-state index in [1.165, 1.54) is 0 Å². The number of nitrogens with one attached hydrogen (secondary N) is 2. The quantitative estimate of drug-likeness (QED) is 0.816. The number of para-hydroxylation sites is 1. The smallest absolute Gasteiger partial charge is 0.227 e. The lowest BCUT2D eigenvalue weighted by atomic mass is 10.3. The Balaban J connectivity index is 2.05. The number of aromatic nitrogens is 2. The summed E-state index contributed by atoms with van der Waals surface area (Å²) >= 11 is 0. The number of nitrogens with zero attached hydrogens (tertiary/aromatic N) is 2. The molecular weight excluding hydrogens is 200 g/mol. The fraction of sp³-hybridized carbons (Fsp3) is 0.167. The largest absolute Gasteiger partial charge is 0.324 e. The molecule has 0 spiro atoms. The minimum absolute atomic E-state index is 0.617. The summed E-state index contributed by atoms with van der Waals surface area (Å²) in [7, 11) is 1.90. The van der Waals surface area contributed by atoms with Crippen LogP contribution in [0.25, 0.3) is 0 Å². The normalized spacial score (nSPS) is 10.1. The number of rotatable bonds is 4. The second kappa shape index (κ2) is 5.23. The van der Waals surface area contributed by atoms with E-state index in [1.807, 2.05) is 49.8 Å². The van der Waals surface area contributed by atoms with E-state index in [0.717, 1.165) is 17.8 Å². The van der Waals surface area contributed by atoms with E-state index in [1.54, 1.807) is 0 Å². The first-order valence-corrected chi connectivity index (χ1v) is 5.16. The van der Waals surface area contributed by atoms with Crippen LogP contribution in [0.1, 0.15) is 5.56 Å². The minimum Gasteiger partial charge on any atom is -0.324 e. The third-order valence-corrected chi connectivity index (χ3v) is 2.12. The zero-order valence-corrected chi connectivity index (χ0v) is 9.14. The van der Waals surface area contributed by atoms with E-state index < -0.39 is 0 Å². The topological polar surface area (TPSA) is 49.8 Å². The molecule has 0 atom stereocenters. The molecule has 0 amide bonds. The Labute approximate surface area is 94.8 Å². The first kappa shape index (κ1) is 10.6. The fourth-order valence-corrected chi connectivity index (χ4v) is 1.37. The van der Waals surface area contributed by atoms with Gasteiger partial charge in [0.1, 0.15) is 0 Å². The highest BCUT2D eigenvalue weighted by atomic mass is 15.1. The van der Waals surface area contributed by atoms with Crippen LogP contribution in [0.3, 0.4) is 0 Å². The molecule has 0 saturated heterocycles. The van der Waals surface area contributed by atoms with Crippen molar-refractivity contribution in [2.45, 2.75) is 6.54 Å². The van der Waals surface area contributed by atoms with Crippen molar-refractivity contribution in [2.24, 2.45) is 0 Å². The van der Waals surface area contributed by atoms with Crippen molar-refractivity contribution in [1.82, 2.24) is 15.3 Å². The molecule has 4 nitrogen and oxygen atoms in total. The van der Waals surface area contributed by atoms with Gasteiger partial charge < -0.3 is 10.6 Å². The Hall–Kier alpha value is -1.94. The van der Waals surface area contributed by atoms with Crippen LogP contribution in [0.5, 0.6) is 0 Å². The van der Waals surface area contributed by atoms with Crippen molar-refractivity contribution < 1.29 is 0 Å². The molecule has 4 heteroatoms. The van der Waals surface area contributed by atoms with Gasteiger partial charge in [0.2, 0.25) is 5.95 Å². The molecule has 1 aromatic carbocycles. The third kappa shape index (κ3) is 2.77. The summed E-state index contributed by atoms with van der Waals surface area (Å²) in [4.78, 5) is 8.46. The third-order valence-electron chi connectivity index (χ3n) is 2.12. The molecule has 0 aliphatic heterocycles. The highest BCUT2D eigenvalue weighted by Gasteiger charge is 1.97. The summed E-state index contributed by atoms with van der Waals surface area (Å²) < 4.78 is 0. The van der Waals surface area contributed by atoms with E-state index in [-0.39, 0.29) is 0 Å². The van der Waals surface area contributed by atoms with Crippen molar-refractivity contribution in [3.8, 4) is 0 Å². The molecule has 2 aromatic rings. The van der Waals surface area contributed by atoms with Gasteiger partial charge in [-0.3, -0.25) is 0 Å². The molecule has 0 radical (unpaired) electrons. The van der Waals surface area contributed by atoms with Gasteiger partial charge in [-0.2, -0.15) is 0 Å². The van der Waals surface area contributed by atoms with E-state index in [0.29, 0.717) is 5.95 Å². The van der Waals surface area contributed by atoms with Crippen molar-refractivity contribution in [1.29, 1.82) is 0 Å². The average molecular weight is 214 g/mol. The van der Waals surface area contributed by atoms with Gasteiger partial charge >= 0.3 is 0 Å². The first-order valence-electron chi connectivity index (χ1n) is 5.16. The second-order valence-corrected chi connectivity index (χ2v) is 3.44. The van der Waals surface area contributed by atoms with Crippen LogP contribution in [0.2, 0.25) is 0 Å². The SMILES string of the molecule is CNCc1cnc(Nc2ccccc2)nc1. The first-order chi connectivity index (χ1) is 7.88. The zero-order valence-electron chi connectivity index (χ0n) is 9.14. The molecule has 0 bridgehead atoms. The van der Waals surface area contributed by atoms with E-state index in [4.69, 9.17) is 0 Å². The Bertz CT molecular complexity index is 425. The van der Waals surface area contributed by atoms with Crippen LogP contribution in [0.4, 0.5) is 11.6 Å². The molecule has 0 aliphatic carbocycles. The lowest BCUT2D eigenvalue weighted by Crippen LogP contribution is -2.06. The Morgan fingerprint density at radius 2 is 1.75 bits per heavy atom. The second-order valence-electron chi connectivity index (χ2n) is 3.44. The van der Waals surface area contributed by atoms with Crippen LogP contribution in [0.15, 0.2) is 42.7 Å². The fourth-order valence-electron chi connectivity index (χ4n) is 1.37. The zero-order chi connectivity index (χ0) is 11.2. The molecule has 0 aliphatic rings. The van der Waals surface area contributed by atoms with Gasteiger partial charge in [-0.05, 0) is 19.2 Å². The van der Waals surface area contributed by atoms with Crippen molar-refractivity contribution in [2.75, 3.05) is 12.4 Å². The molecule has 0 fully saturated rings. The average Bonchev–Trinajstić information content (AvgIpc) is 2.33. The van der Waals surface area contributed by atoms with Gasteiger partial charge in [0, 0.05) is 30.2 Å². The maximum atomic E-state index is 4.23. The van der Waals surface area contributed by atoms with Crippen molar-refractivity contribution >= 4 is 11.6 Å². The molecule has 1 heterocycles. The van der Waals surface area contributed by atoms with Crippen molar-refractivity contribution in [3.63, 3.8) is 0 Å². The summed E-state index contributed by atoms with van der Waals surface area (Å²) in [6.07, 6.45) is 3.63. The number of anilines is 2. The summed E-state index contributed by atoms with van der Waals surface area (Å²) in [5.41, 5.74) is 2.06. The highest BCUT2D eigenvalue weighted by Crippen LogP contribution is 2.11. The van der Waals surface area contributed by atoms with Crippen LogP contribution in [0, 0.1) is 0 Å². The highest BCUT2D eigenvalue weighted by molar-refractivity contribution is 5.52. The monoisotopic (exact) mass is 214 g/mol. The summed E-state index contributed by atoms with van der Waals surface area (Å²) in [5, 5.41) is 6.18. The van der Waals surface area contributed by atoms with E-state index >= 15 is 0 Å². The molecule has 82 valence electrons. The Morgan fingerprint density at radius 1 is 1.06 bits per heavy atom. The standard InChI is InChI=1S/C12H14N4/c1-13-7-10-8-14-12(15-9-10)16-11-5-3-2-4-6-11/h2-6,8-9,13H,7H2,1H3,(H,14,15,16). The predicted molar refractivity (Wildman–Crippen MR) is 64.5 cm³/mol. The maximum Gasteiger partial charge on any atom is 0.227 e. The lowest BCUT2D eigenvalue weighted by molar-refractivity contribution is 0.807. The molecule has 2 N–H and O–H groups in total. The van der Waals surface area contributed by atoms with Gasteiger partial charge in [-0.25, -0.2) is 9.97 Å².